The van der Waals surface area contributed by atoms with Gasteiger partial charge in [-0.1, -0.05) is 68.6 Å². The Labute approximate surface area is 330 Å². The van der Waals surface area contributed by atoms with Gasteiger partial charge in [0, 0.05) is 18.2 Å². The first-order chi connectivity index (χ1) is 26.5. The fraction of sp³-hybridized carbons (Fsp3) is 0.640. The first-order valence-electron chi connectivity index (χ1n) is 22.7. The third kappa shape index (κ3) is 5.91. The molecule has 0 aromatic heterocycles. The van der Waals surface area contributed by atoms with E-state index < -0.39 is 0 Å². The van der Waals surface area contributed by atoms with Crippen LogP contribution in [0.4, 0.5) is 0 Å². The molecule has 286 valence electrons. The van der Waals surface area contributed by atoms with Crippen molar-refractivity contribution < 1.29 is 0 Å². The summed E-state index contributed by atoms with van der Waals surface area (Å²) >= 11 is 0. The van der Waals surface area contributed by atoms with E-state index in [0.717, 1.165) is 46.8 Å². The van der Waals surface area contributed by atoms with Crippen LogP contribution in [0.5, 0.6) is 0 Å². The molecule has 3 aromatic carbocycles. The van der Waals surface area contributed by atoms with Crippen LogP contribution in [0.15, 0.2) is 72.8 Å². The van der Waals surface area contributed by atoms with Crippen molar-refractivity contribution in [2.24, 2.45) is 46.3 Å². The molecule has 8 bridgehead atoms. The van der Waals surface area contributed by atoms with Crippen molar-refractivity contribution in [1.29, 1.82) is 0 Å². The van der Waals surface area contributed by atoms with Gasteiger partial charge in [0.2, 0.25) is 0 Å². The van der Waals surface area contributed by atoms with Gasteiger partial charge in [-0.05, 0) is 225 Å². The predicted molar refractivity (Wildman–Crippen MR) is 232 cm³/mol. The third-order valence-corrected chi connectivity index (χ3v) is 22.4. The van der Waals surface area contributed by atoms with E-state index >= 15 is 0 Å². The molecule has 3 unspecified atom stereocenters. The molecule has 2 heterocycles. The van der Waals surface area contributed by atoms with Crippen LogP contribution in [-0.4, -0.2) is 37.5 Å². The van der Waals surface area contributed by atoms with Gasteiger partial charge in [0.15, 0.2) is 0 Å². The van der Waals surface area contributed by atoms with Gasteiger partial charge >= 0.3 is 0 Å². The average molecular weight is 757 g/mol. The Kier molecular flexibility index (Phi) is 9.27. The van der Waals surface area contributed by atoms with Crippen LogP contribution < -0.4 is 10.6 Å². The molecular formula is C50H66N2P2. The zero-order chi connectivity index (χ0) is 35.9. The molecule has 10 aliphatic rings. The molecule has 0 amide bonds. The second-order valence-corrected chi connectivity index (χ2v) is 24.3. The fourth-order valence-corrected chi connectivity index (χ4v) is 20.7. The second kappa shape index (κ2) is 14.1. The summed E-state index contributed by atoms with van der Waals surface area (Å²) in [4.78, 5) is 0. The molecule has 4 heteroatoms. The van der Waals surface area contributed by atoms with E-state index in [-0.39, 0.29) is 13.1 Å². The van der Waals surface area contributed by atoms with Crippen LogP contribution in [0.25, 0.3) is 22.3 Å². The fourth-order valence-electron chi connectivity index (χ4n) is 16.2. The topological polar surface area (TPSA) is 24.1 Å². The Morgan fingerprint density at radius 3 is 1.37 bits per heavy atom. The summed E-state index contributed by atoms with van der Waals surface area (Å²) in [5.74, 6) is 5.77. The zero-order valence-electron chi connectivity index (χ0n) is 32.9. The van der Waals surface area contributed by atoms with Gasteiger partial charge in [-0.3, -0.25) is 0 Å². The maximum Gasteiger partial charge on any atom is 0.0213 e. The van der Waals surface area contributed by atoms with Crippen molar-refractivity contribution >= 4 is 17.2 Å². The summed E-state index contributed by atoms with van der Waals surface area (Å²) in [6, 6.07) is 28.9. The van der Waals surface area contributed by atoms with E-state index in [9.17, 15) is 0 Å². The van der Waals surface area contributed by atoms with Crippen molar-refractivity contribution in [2.45, 2.75) is 125 Å². The highest BCUT2D eigenvalue weighted by molar-refractivity contribution is 7.58. The summed E-state index contributed by atoms with van der Waals surface area (Å²) < 4.78 is 0. The number of hydrogen-bond acceptors (Lipinski definition) is 2. The molecule has 13 rings (SSSR count). The minimum atomic E-state index is -0.182. The van der Waals surface area contributed by atoms with Gasteiger partial charge in [0.05, 0.1) is 0 Å². The molecule has 2 N–H and O–H groups in total. The molecule has 0 radical (unpaired) electrons. The van der Waals surface area contributed by atoms with E-state index in [1.165, 1.54) is 157 Å². The normalized spacial score (nSPS) is 39.7. The minimum Gasteiger partial charge on any atom is -0.316 e. The SMILES string of the molecule is PC(c1cc(-c2ccccc2)c(-c2ccccc2)cc1CP(C1CCCNC1)C1CCCNC1)(C12CC3CC(CC(C3)C1)C2)C12CC3CC(CC(C3)C1)C2. The van der Waals surface area contributed by atoms with E-state index in [1.54, 1.807) is 5.56 Å². The summed E-state index contributed by atoms with van der Waals surface area (Å²) in [6.45, 7) is 4.90. The van der Waals surface area contributed by atoms with Crippen molar-refractivity contribution in [3.05, 3.63) is 83.9 Å². The van der Waals surface area contributed by atoms with Gasteiger partial charge in [-0.15, -0.1) is 9.24 Å². The Balaban J connectivity index is 1.16. The molecular weight excluding hydrogens is 691 g/mol. The van der Waals surface area contributed by atoms with E-state index in [4.69, 9.17) is 0 Å². The van der Waals surface area contributed by atoms with Crippen LogP contribution in [0.2, 0.25) is 0 Å². The molecule has 10 fully saturated rings. The lowest BCUT2D eigenvalue weighted by Gasteiger charge is -2.72. The van der Waals surface area contributed by atoms with Gasteiger partial charge in [-0.25, -0.2) is 0 Å². The lowest BCUT2D eigenvalue weighted by Crippen LogP contribution is -2.64. The lowest BCUT2D eigenvalue weighted by molar-refractivity contribution is -0.158. The quantitative estimate of drug-likeness (QED) is 0.213. The highest BCUT2D eigenvalue weighted by atomic mass is 31.1. The Morgan fingerprint density at radius 1 is 0.574 bits per heavy atom. The highest BCUT2D eigenvalue weighted by Gasteiger charge is 2.69. The van der Waals surface area contributed by atoms with Gasteiger partial charge in [0.1, 0.15) is 0 Å². The Bertz CT molecular complexity index is 1670. The number of piperidine rings is 2. The largest absolute Gasteiger partial charge is 0.316 e. The van der Waals surface area contributed by atoms with Crippen LogP contribution in [0.3, 0.4) is 0 Å². The van der Waals surface area contributed by atoms with E-state index in [2.05, 4.69) is 92.7 Å². The Morgan fingerprint density at radius 2 is 0.981 bits per heavy atom. The smallest absolute Gasteiger partial charge is 0.0213 e. The van der Waals surface area contributed by atoms with Crippen molar-refractivity contribution in [3.63, 3.8) is 0 Å². The maximum absolute atomic E-state index is 4.01. The molecule has 3 aromatic rings. The van der Waals surface area contributed by atoms with Crippen LogP contribution in [0.1, 0.15) is 114 Å². The van der Waals surface area contributed by atoms with E-state index in [1.807, 2.05) is 5.56 Å². The maximum atomic E-state index is 4.01. The summed E-state index contributed by atoms with van der Waals surface area (Å²) in [6.07, 6.45) is 25.1. The second-order valence-electron chi connectivity index (χ2n) is 20.7. The number of rotatable bonds is 9. The van der Waals surface area contributed by atoms with Crippen LogP contribution in [-0.2, 0) is 11.3 Å². The molecule has 2 nitrogen and oxygen atoms in total. The summed E-state index contributed by atoms with van der Waals surface area (Å²) in [5, 5.41) is 7.98. The minimum absolute atomic E-state index is 0.136. The zero-order valence-corrected chi connectivity index (χ0v) is 35.0. The number of benzene rings is 3. The molecule has 8 aliphatic carbocycles. The molecule has 0 spiro atoms. The van der Waals surface area contributed by atoms with Crippen LogP contribution in [0, 0.1) is 46.3 Å². The van der Waals surface area contributed by atoms with Crippen molar-refractivity contribution in [2.75, 3.05) is 26.2 Å². The van der Waals surface area contributed by atoms with Gasteiger partial charge in [0.25, 0.3) is 0 Å². The first-order valence-corrected chi connectivity index (χ1v) is 25.0. The standard InChI is InChI=1S/C50H66N2P2/c53-50(48-25-34-17-35(26-48)19-36(18-34)27-48,49-28-37-20-38(29-49)22-39(21-37)30-49)47-24-46(41-11-5-2-6-12-41)45(40-9-3-1-4-10-40)23-42(47)33-54(43-13-7-15-51-31-43)44-14-8-16-52-32-44/h1-6,9-12,23-24,34-39,43-44,51-52H,7-8,13-22,25-33,53H2. The average Bonchev–Trinajstić information content (AvgIpc) is 3.19. The number of hydrogen-bond donors (Lipinski definition) is 2. The monoisotopic (exact) mass is 756 g/mol. The summed E-state index contributed by atoms with van der Waals surface area (Å²) in [5.41, 5.74) is 11.9. The molecule has 2 aliphatic heterocycles. The van der Waals surface area contributed by atoms with Crippen molar-refractivity contribution in [3.8, 4) is 22.3 Å². The first kappa shape index (κ1) is 35.6. The molecule has 8 saturated carbocycles. The van der Waals surface area contributed by atoms with Gasteiger partial charge < -0.3 is 10.6 Å². The predicted octanol–water partition coefficient (Wildman–Crippen LogP) is 12.0. The number of nitrogens with one attached hydrogen (secondary N) is 2. The highest BCUT2D eigenvalue weighted by Crippen LogP contribution is 2.79. The van der Waals surface area contributed by atoms with Crippen LogP contribution >= 0.6 is 17.2 Å². The van der Waals surface area contributed by atoms with Gasteiger partial charge in [-0.2, -0.15) is 0 Å². The molecule has 54 heavy (non-hydrogen) atoms. The lowest BCUT2D eigenvalue weighted by atomic mass is 9.37. The molecule has 3 atom stereocenters. The summed E-state index contributed by atoms with van der Waals surface area (Å²) in [7, 11) is 3.83. The Hall–Kier alpha value is -1.56. The van der Waals surface area contributed by atoms with Crippen molar-refractivity contribution in [1.82, 2.24) is 10.6 Å². The molecule has 2 saturated heterocycles. The van der Waals surface area contributed by atoms with E-state index in [0.29, 0.717) is 10.8 Å². The third-order valence-electron chi connectivity index (χ3n) is 17.4.